The van der Waals surface area contributed by atoms with E-state index in [0.717, 1.165) is 23.1 Å². The highest BCUT2D eigenvalue weighted by Crippen LogP contribution is 2.24. The normalized spacial score (nSPS) is 12.7. The molecule has 2 aromatic rings. The molecule has 2 N–H and O–H groups in total. The molecular formula is C15H15FN4O2S. The molecule has 6 nitrogen and oxygen atoms in total. The summed E-state index contributed by atoms with van der Waals surface area (Å²) < 4.78 is 14.9. The molecule has 0 bridgehead atoms. The van der Waals surface area contributed by atoms with Gasteiger partial charge in [-0.15, -0.1) is 0 Å². The molecule has 2 amide bonds. The molecule has 1 aliphatic heterocycles. The number of anilines is 1. The zero-order valence-corrected chi connectivity index (χ0v) is 13.0. The summed E-state index contributed by atoms with van der Waals surface area (Å²) in [5, 5.41) is 5.95. The third-order valence-electron chi connectivity index (χ3n) is 3.33. The summed E-state index contributed by atoms with van der Waals surface area (Å²) in [5.41, 5.74) is 1.26. The first-order valence-electron chi connectivity index (χ1n) is 7.15. The highest BCUT2D eigenvalue weighted by atomic mass is 32.2. The number of amides is 2. The van der Waals surface area contributed by atoms with Crippen molar-refractivity contribution in [2.75, 3.05) is 17.6 Å². The predicted molar refractivity (Wildman–Crippen MR) is 84.7 cm³/mol. The van der Waals surface area contributed by atoms with Crippen LogP contribution in [0.5, 0.6) is 0 Å². The van der Waals surface area contributed by atoms with Crippen LogP contribution in [-0.4, -0.2) is 33.7 Å². The fraction of sp³-hybridized carbons (Fsp3) is 0.267. The summed E-state index contributed by atoms with van der Waals surface area (Å²) in [6.45, 7) is 1.29. The second-order valence-electron chi connectivity index (χ2n) is 5.02. The van der Waals surface area contributed by atoms with Crippen LogP contribution >= 0.6 is 11.8 Å². The Kier molecular flexibility index (Phi) is 4.61. The van der Waals surface area contributed by atoms with Gasteiger partial charge < -0.3 is 15.2 Å². The molecule has 8 heteroatoms. The minimum Gasteiger partial charge on any atom is -0.347 e. The maximum absolute atomic E-state index is 12.8. The van der Waals surface area contributed by atoms with Gasteiger partial charge >= 0.3 is 11.8 Å². The largest absolute Gasteiger partial charge is 0.347 e. The zero-order chi connectivity index (χ0) is 16.2. The van der Waals surface area contributed by atoms with Crippen LogP contribution in [0.1, 0.15) is 5.69 Å². The average molecular weight is 334 g/mol. The fourth-order valence-corrected chi connectivity index (χ4v) is 3.15. The quantitative estimate of drug-likeness (QED) is 0.830. The van der Waals surface area contributed by atoms with Crippen molar-refractivity contribution in [1.82, 2.24) is 14.9 Å². The van der Waals surface area contributed by atoms with Crippen LogP contribution in [0, 0.1) is 5.82 Å². The molecule has 0 saturated carbocycles. The van der Waals surface area contributed by atoms with E-state index in [9.17, 15) is 14.0 Å². The summed E-state index contributed by atoms with van der Waals surface area (Å²) in [6.07, 6.45) is 2.54. The lowest BCUT2D eigenvalue weighted by Gasteiger charge is -2.06. The third kappa shape index (κ3) is 3.89. The Morgan fingerprint density at radius 2 is 2.04 bits per heavy atom. The topological polar surface area (TPSA) is 76.0 Å². The van der Waals surface area contributed by atoms with Gasteiger partial charge in [0.25, 0.3) is 0 Å². The number of nitrogens with zero attached hydrogens (tertiary/aromatic N) is 2. The fourth-order valence-electron chi connectivity index (χ4n) is 2.19. The van der Waals surface area contributed by atoms with E-state index in [-0.39, 0.29) is 0 Å². The Labute approximate surface area is 136 Å². The number of aryl methyl sites for hydroxylation is 1. The molecule has 0 unspecified atom stereocenters. The Balaban J connectivity index is 1.44. The van der Waals surface area contributed by atoms with E-state index in [1.54, 1.807) is 11.8 Å². The lowest BCUT2D eigenvalue weighted by molar-refractivity contribution is -0.136. The number of halogens is 1. The van der Waals surface area contributed by atoms with E-state index in [4.69, 9.17) is 0 Å². The number of benzene rings is 1. The van der Waals surface area contributed by atoms with Crippen molar-refractivity contribution in [2.45, 2.75) is 18.1 Å². The first-order chi connectivity index (χ1) is 11.1. The maximum Gasteiger partial charge on any atom is 0.313 e. The van der Waals surface area contributed by atoms with Crippen LogP contribution < -0.4 is 10.6 Å². The van der Waals surface area contributed by atoms with Crippen LogP contribution in [0.15, 0.2) is 35.6 Å². The number of rotatable bonds is 4. The van der Waals surface area contributed by atoms with Gasteiger partial charge in [-0.1, -0.05) is 11.8 Å². The number of carbonyl (C=O) groups excluding carboxylic acids is 2. The Morgan fingerprint density at radius 1 is 1.26 bits per heavy atom. The first-order valence-corrected chi connectivity index (χ1v) is 8.14. The molecule has 0 saturated heterocycles. The molecule has 0 aliphatic carbocycles. The summed E-state index contributed by atoms with van der Waals surface area (Å²) in [4.78, 5) is 27.9. The molecule has 0 fully saturated rings. The van der Waals surface area contributed by atoms with Gasteiger partial charge in [-0.05, 0) is 24.3 Å². The smallest absolute Gasteiger partial charge is 0.313 e. The van der Waals surface area contributed by atoms with Gasteiger partial charge in [0.05, 0.1) is 5.69 Å². The van der Waals surface area contributed by atoms with Crippen LogP contribution in [-0.2, 0) is 22.6 Å². The molecule has 23 heavy (non-hydrogen) atoms. The second kappa shape index (κ2) is 6.82. The minimum atomic E-state index is -0.778. The number of carbonyl (C=O) groups is 2. The molecule has 120 valence electrons. The van der Waals surface area contributed by atoms with Gasteiger partial charge in [-0.25, -0.2) is 9.37 Å². The average Bonchev–Trinajstić information content (AvgIpc) is 3.10. The Morgan fingerprint density at radius 3 is 2.78 bits per heavy atom. The predicted octanol–water partition coefficient (Wildman–Crippen LogP) is 1.43. The zero-order valence-electron chi connectivity index (χ0n) is 12.2. The van der Waals surface area contributed by atoms with Crippen LogP contribution in [0.4, 0.5) is 10.1 Å². The van der Waals surface area contributed by atoms with Crippen molar-refractivity contribution in [2.24, 2.45) is 0 Å². The number of hydrogen-bond donors (Lipinski definition) is 2. The van der Waals surface area contributed by atoms with E-state index in [2.05, 4.69) is 20.2 Å². The number of nitrogens with one attached hydrogen (secondary N) is 2. The van der Waals surface area contributed by atoms with E-state index in [1.165, 1.54) is 24.3 Å². The van der Waals surface area contributed by atoms with E-state index >= 15 is 0 Å². The monoisotopic (exact) mass is 334 g/mol. The standard InChI is InChI=1S/C15H15FN4O2S/c16-10-1-3-11(4-2-10)18-14(22)13(21)17-6-5-12-9-20-7-8-23-15(20)19-12/h1-4,9H,5-8H2,(H,17,21)(H,18,22). The number of fused-ring (bicyclic) bond motifs is 1. The highest BCUT2D eigenvalue weighted by molar-refractivity contribution is 7.99. The molecule has 0 spiro atoms. The van der Waals surface area contributed by atoms with Crippen molar-refractivity contribution < 1.29 is 14.0 Å². The van der Waals surface area contributed by atoms with E-state index in [1.807, 2.05) is 6.20 Å². The first kappa shape index (κ1) is 15.5. The number of aromatic nitrogens is 2. The SMILES string of the molecule is O=C(NCCc1cn2c(n1)SCC2)C(=O)Nc1ccc(F)cc1. The molecule has 1 aromatic heterocycles. The summed E-state index contributed by atoms with van der Waals surface area (Å²) in [7, 11) is 0. The summed E-state index contributed by atoms with van der Waals surface area (Å²) >= 11 is 1.71. The van der Waals surface area contributed by atoms with Crippen molar-refractivity contribution in [3.05, 3.63) is 42.0 Å². The Bertz CT molecular complexity index is 708. The van der Waals surface area contributed by atoms with Gasteiger partial charge in [0, 0.05) is 37.1 Å². The molecule has 0 atom stereocenters. The second-order valence-corrected chi connectivity index (χ2v) is 6.09. The molecule has 1 aliphatic rings. The third-order valence-corrected chi connectivity index (χ3v) is 4.30. The lowest BCUT2D eigenvalue weighted by atomic mass is 10.3. The Hall–Kier alpha value is -2.35. The van der Waals surface area contributed by atoms with E-state index < -0.39 is 17.6 Å². The van der Waals surface area contributed by atoms with Crippen molar-refractivity contribution in [1.29, 1.82) is 0 Å². The number of imidazole rings is 1. The minimum absolute atomic E-state index is 0.330. The number of hydrogen-bond acceptors (Lipinski definition) is 4. The van der Waals surface area contributed by atoms with Crippen molar-refractivity contribution in [3.63, 3.8) is 0 Å². The lowest BCUT2D eigenvalue weighted by Crippen LogP contribution is -2.36. The molecule has 1 aromatic carbocycles. The van der Waals surface area contributed by atoms with Crippen molar-refractivity contribution in [3.8, 4) is 0 Å². The molecule has 2 heterocycles. The van der Waals surface area contributed by atoms with Crippen LogP contribution in [0.25, 0.3) is 0 Å². The number of thioether (sulfide) groups is 1. The molecule has 0 radical (unpaired) electrons. The molecule has 3 rings (SSSR count). The van der Waals surface area contributed by atoms with Gasteiger partial charge in [0.15, 0.2) is 5.16 Å². The van der Waals surface area contributed by atoms with Gasteiger partial charge in [-0.2, -0.15) is 0 Å². The highest BCUT2D eigenvalue weighted by Gasteiger charge is 2.16. The summed E-state index contributed by atoms with van der Waals surface area (Å²) in [5.74, 6) is -0.865. The maximum atomic E-state index is 12.8. The van der Waals surface area contributed by atoms with Crippen LogP contribution in [0.3, 0.4) is 0 Å². The molecular weight excluding hydrogens is 319 g/mol. The summed E-state index contributed by atoms with van der Waals surface area (Å²) in [6, 6.07) is 5.21. The van der Waals surface area contributed by atoms with Gasteiger partial charge in [-0.3, -0.25) is 9.59 Å². The van der Waals surface area contributed by atoms with Crippen LogP contribution in [0.2, 0.25) is 0 Å². The van der Waals surface area contributed by atoms with Gasteiger partial charge in [0.2, 0.25) is 0 Å². The van der Waals surface area contributed by atoms with E-state index in [0.29, 0.717) is 18.7 Å². The van der Waals surface area contributed by atoms with Gasteiger partial charge in [0.1, 0.15) is 5.82 Å². The van der Waals surface area contributed by atoms with Crippen molar-refractivity contribution >= 4 is 29.3 Å².